The Morgan fingerprint density at radius 3 is 2.42 bits per heavy atom. The van der Waals surface area contributed by atoms with Gasteiger partial charge in [-0.2, -0.15) is 5.26 Å². The van der Waals surface area contributed by atoms with E-state index in [0.717, 1.165) is 27.1 Å². The molecule has 1 aliphatic heterocycles. The molecule has 5 rings (SSSR count). The number of aromatic nitrogens is 1. The number of halogens is 1. The van der Waals surface area contributed by atoms with Crippen LogP contribution in [0.4, 0.5) is 10.5 Å². The number of hydrogen-bond donors (Lipinski definition) is 1. The standard InChI is InChI=1S/C28H19ClN4O3/c1-17-23(14-24-26(34)31-28(36)33(27(24)35)21-12-10-20(29)11-13-21)22-8-4-5-9-25(22)32(17)16-19-7-3-2-6-18(19)15-30/h2-14H,16H2,1H3,(H,31,34,36)/b24-14+. The summed E-state index contributed by atoms with van der Waals surface area (Å²) in [6.07, 6.45) is 1.53. The van der Waals surface area contributed by atoms with Crippen LogP contribution in [0, 0.1) is 18.3 Å². The zero-order chi connectivity index (χ0) is 25.4. The minimum Gasteiger partial charge on any atom is -0.340 e. The van der Waals surface area contributed by atoms with Gasteiger partial charge < -0.3 is 4.57 Å². The molecule has 4 aromatic rings. The molecule has 1 fully saturated rings. The molecule has 0 unspecified atom stereocenters. The van der Waals surface area contributed by atoms with E-state index in [9.17, 15) is 19.6 Å². The predicted molar refractivity (Wildman–Crippen MR) is 137 cm³/mol. The fourth-order valence-corrected chi connectivity index (χ4v) is 4.53. The molecule has 8 heteroatoms. The number of nitriles is 1. The van der Waals surface area contributed by atoms with Crippen molar-refractivity contribution in [3.8, 4) is 6.07 Å². The van der Waals surface area contributed by atoms with Crippen molar-refractivity contribution in [2.75, 3.05) is 4.90 Å². The molecule has 4 amide bonds. The lowest BCUT2D eigenvalue weighted by atomic mass is 10.0. The molecule has 0 radical (unpaired) electrons. The fourth-order valence-electron chi connectivity index (χ4n) is 4.41. The molecule has 1 aliphatic rings. The number of rotatable bonds is 4. The summed E-state index contributed by atoms with van der Waals surface area (Å²) in [7, 11) is 0. The van der Waals surface area contributed by atoms with Crippen LogP contribution in [0.3, 0.4) is 0 Å². The lowest BCUT2D eigenvalue weighted by molar-refractivity contribution is -0.122. The molecule has 36 heavy (non-hydrogen) atoms. The first-order valence-corrected chi connectivity index (χ1v) is 11.5. The number of anilines is 1. The monoisotopic (exact) mass is 494 g/mol. The Labute approximate surface area is 211 Å². The largest absolute Gasteiger partial charge is 0.340 e. The number of benzene rings is 3. The first kappa shape index (κ1) is 23.1. The van der Waals surface area contributed by atoms with Gasteiger partial charge in [0.25, 0.3) is 11.8 Å². The van der Waals surface area contributed by atoms with Crippen LogP contribution < -0.4 is 10.2 Å². The number of amides is 4. The van der Waals surface area contributed by atoms with Crippen molar-refractivity contribution in [1.29, 1.82) is 5.26 Å². The number of para-hydroxylation sites is 1. The van der Waals surface area contributed by atoms with Gasteiger partial charge in [-0.25, -0.2) is 9.69 Å². The van der Waals surface area contributed by atoms with Crippen LogP contribution in [-0.2, 0) is 16.1 Å². The molecule has 2 heterocycles. The van der Waals surface area contributed by atoms with Gasteiger partial charge in [0.1, 0.15) is 5.57 Å². The molecule has 1 saturated heterocycles. The minimum atomic E-state index is -0.822. The van der Waals surface area contributed by atoms with Crippen molar-refractivity contribution in [3.63, 3.8) is 0 Å². The molecule has 0 aliphatic carbocycles. The van der Waals surface area contributed by atoms with Gasteiger partial charge in [-0.3, -0.25) is 14.9 Å². The summed E-state index contributed by atoms with van der Waals surface area (Å²) in [5.74, 6) is -1.49. The van der Waals surface area contributed by atoms with E-state index < -0.39 is 17.8 Å². The van der Waals surface area contributed by atoms with Crippen LogP contribution in [0.15, 0.2) is 78.4 Å². The topological polar surface area (TPSA) is 95.2 Å². The Balaban J connectivity index is 1.62. The molecule has 0 saturated carbocycles. The van der Waals surface area contributed by atoms with Crippen molar-refractivity contribution in [2.45, 2.75) is 13.5 Å². The number of nitrogens with zero attached hydrogens (tertiary/aromatic N) is 3. The van der Waals surface area contributed by atoms with E-state index >= 15 is 0 Å². The van der Waals surface area contributed by atoms with Crippen molar-refractivity contribution in [3.05, 3.63) is 106 Å². The maximum atomic E-state index is 13.4. The molecule has 1 N–H and O–H groups in total. The molecule has 176 valence electrons. The lowest BCUT2D eigenvalue weighted by Crippen LogP contribution is -2.54. The van der Waals surface area contributed by atoms with Crippen LogP contribution in [0.1, 0.15) is 22.4 Å². The van der Waals surface area contributed by atoms with Crippen molar-refractivity contribution in [2.24, 2.45) is 0 Å². The van der Waals surface area contributed by atoms with Crippen LogP contribution in [0.5, 0.6) is 0 Å². The van der Waals surface area contributed by atoms with E-state index in [1.807, 2.05) is 54.0 Å². The van der Waals surface area contributed by atoms with Gasteiger partial charge in [0.05, 0.1) is 17.3 Å². The maximum absolute atomic E-state index is 13.4. The van der Waals surface area contributed by atoms with Crippen LogP contribution >= 0.6 is 11.6 Å². The quantitative estimate of drug-likeness (QED) is 0.312. The average Bonchev–Trinajstić information content (AvgIpc) is 3.13. The SMILES string of the molecule is Cc1c(/C=C2\C(=O)NC(=O)N(c3ccc(Cl)cc3)C2=O)c2ccccc2n1Cc1ccccc1C#N. The summed E-state index contributed by atoms with van der Waals surface area (Å²) in [6.45, 7) is 2.34. The summed E-state index contributed by atoms with van der Waals surface area (Å²) >= 11 is 5.95. The zero-order valence-electron chi connectivity index (χ0n) is 19.2. The van der Waals surface area contributed by atoms with E-state index in [2.05, 4.69) is 11.4 Å². The molecule has 3 aromatic carbocycles. The van der Waals surface area contributed by atoms with Crippen molar-refractivity contribution < 1.29 is 14.4 Å². The molecule has 1 aromatic heterocycles. The second-order valence-electron chi connectivity index (χ2n) is 8.31. The fraction of sp³-hybridized carbons (Fsp3) is 0.0714. The van der Waals surface area contributed by atoms with Gasteiger partial charge in [0, 0.05) is 33.7 Å². The zero-order valence-corrected chi connectivity index (χ0v) is 19.9. The number of carbonyl (C=O) groups excluding carboxylic acids is 3. The average molecular weight is 495 g/mol. The van der Waals surface area contributed by atoms with Gasteiger partial charge in [0.2, 0.25) is 0 Å². The maximum Gasteiger partial charge on any atom is 0.335 e. The first-order valence-electron chi connectivity index (χ1n) is 11.1. The highest BCUT2D eigenvalue weighted by molar-refractivity contribution is 6.39. The van der Waals surface area contributed by atoms with Crippen LogP contribution in [0.2, 0.25) is 5.02 Å². The number of imide groups is 2. The van der Waals surface area contributed by atoms with Gasteiger partial charge in [-0.1, -0.05) is 48.0 Å². The number of barbiturate groups is 1. The van der Waals surface area contributed by atoms with Gasteiger partial charge in [0.15, 0.2) is 0 Å². The van der Waals surface area contributed by atoms with E-state index in [1.165, 1.54) is 18.2 Å². The normalized spacial score (nSPS) is 14.9. The number of urea groups is 1. The van der Waals surface area contributed by atoms with Crippen LogP contribution in [-0.4, -0.2) is 22.4 Å². The van der Waals surface area contributed by atoms with Crippen molar-refractivity contribution >= 4 is 52.1 Å². The highest BCUT2D eigenvalue weighted by Crippen LogP contribution is 2.31. The molecule has 7 nitrogen and oxygen atoms in total. The molecular weight excluding hydrogens is 476 g/mol. The Morgan fingerprint density at radius 1 is 0.972 bits per heavy atom. The molecular formula is C28H19ClN4O3. The van der Waals surface area contributed by atoms with E-state index in [4.69, 9.17) is 11.6 Å². The van der Waals surface area contributed by atoms with Crippen LogP contribution in [0.25, 0.3) is 17.0 Å². The lowest BCUT2D eigenvalue weighted by Gasteiger charge is -2.26. The molecule has 0 bridgehead atoms. The summed E-state index contributed by atoms with van der Waals surface area (Å²) in [5, 5.41) is 13.1. The summed E-state index contributed by atoms with van der Waals surface area (Å²) in [4.78, 5) is 39.6. The Morgan fingerprint density at radius 2 is 1.67 bits per heavy atom. The van der Waals surface area contributed by atoms with Gasteiger partial charge in [-0.15, -0.1) is 0 Å². The Kier molecular flexibility index (Phi) is 5.88. The number of carbonyl (C=O) groups is 3. The van der Waals surface area contributed by atoms with Crippen molar-refractivity contribution in [1.82, 2.24) is 9.88 Å². The number of nitrogens with one attached hydrogen (secondary N) is 1. The molecule has 0 atom stereocenters. The third-order valence-corrected chi connectivity index (χ3v) is 6.47. The van der Waals surface area contributed by atoms with E-state index in [1.54, 1.807) is 18.2 Å². The third kappa shape index (κ3) is 3.94. The second kappa shape index (κ2) is 9.17. The van der Waals surface area contributed by atoms with Gasteiger partial charge >= 0.3 is 6.03 Å². The predicted octanol–water partition coefficient (Wildman–Crippen LogP) is 5.19. The first-order chi connectivity index (χ1) is 17.4. The van der Waals surface area contributed by atoms with Gasteiger partial charge in [-0.05, 0) is 55.0 Å². The van der Waals surface area contributed by atoms with E-state index in [0.29, 0.717) is 28.4 Å². The highest BCUT2D eigenvalue weighted by Gasteiger charge is 2.37. The third-order valence-electron chi connectivity index (χ3n) is 6.22. The highest BCUT2D eigenvalue weighted by atomic mass is 35.5. The number of fused-ring (bicyclic) bond motifs is 1. The summed E-state index contributed by atoms with van der Waals surface area (Å²) in [6, 6.07) is 22.6. The summed E-state index contributed by atoms with van der Waals surface area (Å²) in [5.41, 5.74) is 3.96. The minimum absolute atomic E-state index is 0.159. The smallest absolute Gasteiger partial charge is 0.335 e. The molecule has 0 spiro atoms. The Bertz CT molecular complexity index is 1630. The van der Waals surface area contributed by atoms with E-state index in [-0.39, 0.29) is 5.57 Å². The Hall–Kier alpha value is -4.67. The second-order valence-corrected chi connectivity index (χ2v) is 8.74. The number of hydrogen-bond acceptors (Lipinski definition) is 4. The summed E-state index contributed by atoms with van der Waals surface area (Å²) < 4.78 is 2.05.